The van der Waals surface area contributed by atoms with Crippen LogP contribution < -0.4 is 5.32 Å². The van der Waals surface area contributed by atoms with Crippen LogP contribution in [0.4, 0.5) is 0 Å². The molecule has 0 spiro atoms. The first-order valence-electron chi connectivity index (χ1n) is 8.76. The summed E-state index contributed by atoms with van der Waals surface area (Å²) >= 11 is 0. The maximum Gasteiger partial charge on any atom is 0.242 e. The third-order valence-corrected chi connectivity index (χ3v) is 4.11. The zero-order chi connectivity index (χ0) is 18.1. The highest BCUT2D eigenvalue weighted by atomic mass is 16.2. The van der Waals surface area contributed by atoms with Crippen LogP contribution in [-0.2, 0) is 22.6 Å². The van der Waals surface area contributed by atoms with Gasteiger partial charge in [0.25, 0.3) is 0 Å². The van der Waals surface area contributed by atoms with Crippen molar-refractivity contribution in [1.82, 2.24) is 10.2 Å². The fourth-order valence-electron chi connectivity index (χ4n) is 2.63. The first-order valence-corrected chi connectivity index (χ1v) is 8.76. The Balaban J connectivity index is 2.15. The summed E-state index contributed by atoms with van der Waals surface area (Å²) in [7, 11) is 0. The molecule has 1 atom stereocenters. The molecule has 0 saturated carbocycles. The fourth-order valence-corrected chi connectivity index (χ4v) is 2.63. The number of carbonyl (C=O) groups excluding carboxylic acids is 2. The summed E-state index contributed by atoms with van der Waals surface area (Å²) in [5, 5.41) is 2.88. The van der Waals surface area contributed by atoms with Crippen molar-refractivity contribution in [2.24, 2.45) is 0 Å². The van der Waals surface area contributed by atoms with Crippen molar-refractivity contribution >= 4 is 11.8 Å². The summed E-state index contributed by atoms with van der Waals surface area (Å²) in [6.07, 6.45) is 1.16. The van der Waals surface area contributed by atoms with Crippen LogP contribution in [0.1, 0.15) is 31.4 Å². The summed E-state index contributed by atoms with van der Waals surface area (Å²) in [4.78, 5) is 26.9. The molecule has 0 aromatic heterocycles. The van der Waals surface area contributed by atoms with E-state index in [0.29, 0.717) is 19.5 Å². The van der Waals surface area contributed by atoms with Gasteiger partial charge >= 0.3 is 0 Å². The number of carbonyl (C=O) groups is 2. The third kappa shape index (κ3) is 5.75. The Bertz CT molecular complexity index is 671. The minimum absolute atomic E-state index is 0.0470. The Morgan fingerprint density at radius 2 is 1.52 bits per heavy atom. The van der Waals surface area contributed by atoms with Gasteiger partial charge in [-0.3, -0.25) is 9.59 Å². The van der Waals surface area contributed by atoms with Crippen LogP contribution in [0.5, 0.6) is 0 Å². The normalized spacial score (nSPS) is 11.6. The van der Waals surface area contributed by atoms with Crippen molar-refractivity contribution in [3.63, 3.8) is 0 Å². The van der Waals surface area contributed by atoms with Crippen LogP contribution in [0.25, 0.3) is 0 Å². The van der Waals surface area contributed by atoms with Gasteiger partial charge in [-0.05, 0) is 24.5 Å². The topological polar surface area (TPSA) is 49.4 Å². The zero-order valence-electron chi connectivity index (χ0n) is 14.9. The molecule has 4 nitrogen and oxygen atoms in total. The van der Waals surface area contributed by atoms with Gasteiger partial charge in [-0.1, -0.05) is 67.6 Å². The van der Waals surface area contributed by atoms with Gasteiger partial charge in [0, 0.05) is 13.1 Å². The molecule has 132 valence electrons. The number of hydrogen-bond acceptors (Lipinski definition) is 2. The van der Waals surface area contributed by atoms with Gasteiger partial charge in [0.05, 0.1) is 6.42 Å². The number of benzene rings is 2. The first-order chi connectivity index (χ1) is 12.1. The molecule has 0 fully saturated rings. The van der Waals surface area contributed by atoms with Gasteiger partial charge in [-0.25, -0.2) is 0 Å². The van der Waals surface area contributed by atoms with Crippen LogP contribution in [0.15, 0.2) is 60.7 Å². The molecule has 2 amide bonds. The highest BCUT2D eigenvalue weighted by Gasteiger charge is 2.25. The minimum Gasteiger partial charge on any atom is -0.354 e. The standard InChI is InChI=1S/C21H26N2O2/c1-3-14-22-21(25)17(2)23(16-19-12-8-5-9-13-19)20(24)15-18-10-6-4-7-11-18/h4-13,17H,3,14-16H2,1-2H3,(H,22,25)/t17-/m0/s1. The monoisotopic (exact) mass is 338 g/mol. The number of rotatable bonds is 8. The Kier molecular flexibility index (Phi) is 7.20. The van der Waals surface area contributed by atoms with Crippen molar-refractivity contribution < 1.29 is 9.59 Å². The average molecular weight is 338 g/mol. The maximum absolute atomic E-state index is 12.9. The van der Waals surface area contributed by atoms with Crippen molar-refractivity contribution in [3.05, 3.63) is 71.8 Å². The van der Waals surface area contributed by atoms with Gasteiger partial charge in [-0.2, -0.15) is 0 Å². The molecule has 2 aromatic carbocycles. The van der Waals surface area contributed by atoms with E-state index in [1.807, 2.05) is 67.6 Å². The van der Waals surface area contributed by atoms with Crippen molar-refractivity contribution in [2.75, 3.05) is 6.54 Å². The second kappa shape index (κ2) is 9.62. The lowest BCUT2D eigenvalue weighted by molar-refractivity contribution is -0.140. The highest BCUT2D eigenvalue weighted by molar-refractivity contribution is 5.88. The van der Waals surface area contributed by atoms with Crippen LogP contribution in [0.2, 0.25) is 0 Å². The molecule has 2 aromatic rings. The van der Waals surface area contributed by atoms with E-state index < -0.39 is 6.04 Å². The molecule has 0 heterocycles. The summed E-state index contributed by atoms with van der Waals surface area (Å²) in [6.45, 7) is 4.84. The summed E-state index contributed by atoms with van der Waals surface area (Å²) in [5.41, 5.74) is 1.96. The van der Waals surface area contributed by atoms with E-state index in [1.54, 1.807) is 11.8 Å². The molecule has 0 bridgehead atoms. The highest BCUT2D eigenvalue weighted by Crippen LogP contribution is 2.12. The lowest BCUT2D eigenvalue weighted by Crippen LogP contribution is -2.48. The van der Waals surface area contributed by atoms with Gasteiger partial charge in [0.1, 0.15) is 6.04 Å². The second-order valence-electron chi connectivity index (χ2n) is 6.14. The van der Waals surface area contributed by atoms with Crippen molar-refractivity contribution in [3.8, 4) is 0 Å². The van der Waals surface area contributed by atoms with Gasteiger partial charge in [0.2, 0.25) is 11.8 Å². The summed E-state index contributed by atoms with van der Waals surface area (Å²) < 4.78 is 0. The molecule has 0 aliphatic heterocycles. The van der Waals surface area contributed by atoms with Crippen LogP contribution in [-0.4, -0.2) is 29.3 Å². The first kappa shape index (κ1) is 18.7. The summed E-state index contributed by atoms with van der Waals surface area (Å²) in [5.74, 6) is -0.159. The maximum atomic E-state index is 12.9. The Morgan fingerprint density at radius 3 is 2.08 bits per heavy atom. The third-order valence-electron chi connectivity index (χ3n) is 4.11. The van der Waals surface area contributed by atoms with Crippen molar-refractivity contribution in [2.45, 2.75) is 39.3 Å². The van der Waals surface area contributed by atoms with Crippen LogP contribution >= 0.6 is 0 Å². The van der Waals surface area contributed by atoms with E-state index in [-0.39, 0.29) is 11.8 Å². The number of hydrogen-bond donors (Lipinski definition) is 1. The number of nitrogens with zero attached hydrogens (tertiary/aromatic N) is 1. The van der Waals surface area contributed by atoms with E-state index in [4.69, 9.17) is 0 Å². The predicted molar refractivity (Wildman–Crippen MR) is 99.9 cm³/mol. The molecule has 2 rings (SSSR count). The quantitative estimate of drug-likeness (QED) is 0.804. The molecule has 1 N–H and O–H groups in total. The van der Waals surface area contributed by atoms with E-state index in [0.717, 1.165) is 17.5 Å². The number of amides is 2. The second-order valence-corrected chi connectivity index (χ2v) is 6.14. The number of nitrogens with one attached hydrogen (secondary N) is 1. The molecular formula is C21H26N2O2. The smallest absolute Gasteiger partial charge is 0.242 e. The lowest BCUT2D eigenvalue weighted by atomic mass is 10.1. The average Bonchev–Trinajstić information content (AvgIpc) is 2.65. The molecule has 4 heteroatoms. The predicted octanol–water partition coefficient (Wildman–Crippen LogP) is 3.17. The van der Waals surface area contributed by atoms with E-state index in [2.05, 4.69) is 5.32 Å². The van der Waals surface area contributed by atoms with Gasteiger partial charge in [-0.15, -0.1) is 0 Å². The minimum atomic E-state index is -0.511. The Morgan fingerprint density at radius 1 is 0.960 bits per heavy atom. The van der Waals surface area contributed by atoms with E-state index in [9.17, 15) is 9.59 Å². The fraction of sp³-hybridized carbons (Fsp3) is 0.333. The molecule has 0 unspecified atom stereocenters. The zero-order valence-corrected chi connectivity index (χ0v) is 14.9. The van der Waals surface area contributed by atoms with Crippen LogP contribution in [0, 0.1) is 0 Å². The van der Waals surface area contributed by atoms with E-state index >= 15 is 0 Å². The van der Waals surface area contributed by atoms with Gasteiger partial charge < -0.3 is 10.2 Å². The molecule has 0 radical (unpaired) electrons. The molecular weight excluding hydrogens is 312 g/mol. The molecule has 0 aliphatic carbocycles. The molecule has 0 saturated heterocycles. The van der Waals surface area contributed by atoms with Gasteiger partial charge in [0.15, 0.2) is 0 Å². The Hall–Kier alpha value is -2.62. The van der Waals surface area contributed by atoms with E-state index in [1.165, 1.54) is 0 Å². The Labute approximate surface area is 149 Å². The van der Waals surface area contributed by atoms with Crippen molar-refractivity contribution in [1.29, 1.82) is 0 Å². The largest absolute Gasteiger partial charge is 0.354 e. The SMILES string of the molecule is CCCNC(=O)[C@H](C)N(Cc1ccccc1)C(=O)Cc1ccccc1. The van der Waals surface area contributed by atoms with Crippen LogP contribution in [0.3, 0.4) is 0 Å². The molecule has 0 aliphatic rings. The molecule has 25 heavy (non-hydrogen) atoms. The summed E-state index contributed by atoms with van der Waals surface area (Å²) in [6, 6.07) is 18.9. The lowest BCUT2D eigenvalue weighted by Gasteiger charge is -2.29.